The molecule has 0 amide bonds. The number of hydrogen-bond acceptors (Lipinski definition) is 2. The van der Waals surface area contributed by atoms with Crippen molar-refractivity contribution in [2.24, 2.45) is 11.7 Å². The summed E-state index contributed by atoms with van der Waals surface area (Å²) in [5.41, 5.74) is 8.62. The molecule has 102 valence electrons. The Morgan fingerprint density at radius 1 is 1.06 bits per heavy atom. The van der Waals surface area contributed by atoms with E-state index in [-0.39, 0.29) is 0 Å². The van der Waals surface area contributed by atoms with E-state index in [0.717, 1.165) is 6.54 Å². The number of benzene rings is 1. The lowest BCUT2D eigenvalue weighted by Crippen LogP contribution is -2.30. The zero-order valence-electron chi connectivity index (χ0n) is 12.5. The highest BCUT2D eigenvalue weighted by atomic mass is 15.1. The van der Waals surface area contributed by atoms with Crippen LogP contribution in [0.5, 0.6) is 0 Å². The maximum Gasteiger partial charge on any atom is 0.0379 e. The van der Waals surface area contributed by atoms with Crippen molar-refractivity contribution in [3.8, 4) is 0 Å². The van der Waals surface area contributed by atoms with Gasteiger partial charge in [-0.2, -0.15) is 0 Å². The van der Waals surface area contributed by atoms with Crippen LogP contribution in [0.1, 0.15) is 50.3 Å². The molecule has 2 N–H and O–H groups in total. The molecule has 0 fully saturated rings. The van der Waals surface area contributed by atoms with E-state index in [1.54, 1.807) is 0 Å². The van der Waals surface area contributed by atoms with Crippen molar-refractivity contribution in [1.29, 1.82) is 0 Å². The normalized spacial score (nSPS) is 16.6. The fourth-order valence-corrected chi connectivity index (χ4v) is 2.52. The average Bonchev–Trinajstić information content (AvgIpc) is 2.38. The molecule has 0 spiro atoms. The van der Waals surface area contributed by atoms with Crippen LogP contribution < -0.4 is 5.73 Å². The Hall–Kier alpha value is -0.860. The molecule has 3 atom stereocenters. The summed E-state index contributed by atoms with van der Waals surface area (Å²) in [6.45, 7) is 7.45. The minimum Gasteiger partial charge on any atom is -0.330 e. The van der Waals surface area contributed by atoms with E-state index in [9.17, 15) is 0 Å². The monoisotopic (exact) mass is 248 g/mol. The number of rotatable bonds is 6. The lowest BCUT2D eigenvalue weighted by Gasteiger charge is -2.30. The molecule has 2 heteroatoms. The third-order valence-corrected chi connectivity index (χ3v) is 3.93. The van der Waals surface area contributed by atoms with Crippen LogP contribution in [0, 0.1) is 5.92 Å². The molecule has 0 aromatic heterocycles. The summed E-state index contributed by atoms with van der Waals surface area (Å²) in [4.78, 5) is 2.26. The first kappa shape index (κ1) is 15.2. The second kappa shape index (κ2) is 6.91. The molecule has 0 aliphatic heterocycles. The van der Waals surface area contributed by atoms with Gasteiger partial charge in [-0.1, -0.05) is 45.0 Å². The maximum atomic E-state index is 5.82. The minimum atomic E-state index is 0.404. The molecule has 1 aromatic carbocycles. The molecule has 0 saturated carbocycles. The van der Waals surface area contributed by atoms with Gasteiger partial charge in [0, 0.05) is 6.04 Å². The zero-order chi connectivity index (χ0) is 13.7. The summed E-state index contributed by atoms with van der Waals surface area (Å²) in [6, 6.07) is 9.46. The highest BCUT2D eigenvalue weighted by Crippen LogP contribution is 2.28. The van der Waals surface area contributed by atoms with Crippen molar-refractivity contribution >= 4 is 0 Å². The summed E-state index contributed by atoms with van der Waals surface area (Å²) < 4.78 is 0. The minimum absolute atomic E-state index is 0.404. The van der Waals surface area contributed by atoms with Gasteiger partial charge in [-0.15, -0.1) is 0 Å². The summed E-state index contributed by atoms with van der Waals surface area (Å²) in [5.74, 6) is 1.11. The van der Waals surface area contributed by atoms with Gasteiger partial charge in [0.1, 0.15) is 0 Å². The van der Waals surface area contributed by atoms with Crippen molar-refractivity contribution in [1.82, 2.24) is 4.90 Å². The summed E-state index contributed by atoms with van der Waals surface area (Å²) in [6.07, 6.45) is 1.19. The van der Waals surface area contributed by atoms with Crippen molar-refractivity contribution in [2.75, 3.05) is 20.6 Å². The molecule has 2 nitrogen and oxygen atoms in total. The van der Waals surface area contributed by atoms with Crippen LogP contribution in [0.4, 0.5) is 0 Å². The number of nitrogens with two attached hydrogens (primary N) is 1. The second-order valence-corrected chi connectivity index (χ2v) is 5.60. The van der Waals surface area contributed by atoms with Gasteiger partial charge in [-0.25, -0.2) is 0 Å². The second-order valence-electron chi connectivity index (χ2n) is 5.60. The van der Waals surface area contributed by atoms with Crippen LogP contribution in [0.3, 0.4) is 0 Å². The quantitative estimate of drug-likeness (QED) is 0.836. The van der Waals surface area contributed by atoms with Crippen molar-refractivity contribution < 1.29 is 0 Å². The Kier molecular flexibility index (Phi) is 5.83. The Bertz CT molecular complexity index is 343. The van der Waals surface area contributed by atoms with Gasteiger partial charge in [-0.05, 0) is 50.0 Å². The van der Waals surface area contributed by atoms with Crippen LogP contribution in [-0.2, 0) is 0 Å². The molecule has 0 aliphatic rings. The van der Waals surface area contributed by atoms with Crippen molar-refractivity contribution in [3.05, 3.63) is 35.4 Å². The molecule has 18 heavy (non-hydrogen) atoms. The maximum absolute atomic E-state index is 5.82. The molecule has 1 rings (SSSR count). The Balaban J connectivity index is 2.94. The van der Waals surface area contributed by atoms with E-state index >= 15 is 0 Å². The fraction of sp³-hybridized carbons (Fsp3) is 0.625. The SMILES string of the molecule is CCC(C)c1ccc(C(C(C)CN)N(C)C)cc1. The Morgan fingerprint density at radius 3 is 1.94 bits per heavy atom. The van der Waals surface area contributed by atoms with Gasteiger partial charge >= 0.3 is 0 Å². The van der Waals surface area contributed by atoms with Crippen molar-refractivity contribution in [2.45, 2.75) is 39.2 Å². The molecule has 0 aliphatic carbocycles. The third-order valence-electron chi connectivity index (χ3n) is 3.93. The van der Waals surface area contributed by atoms with Gasteiger partial charge in [0.05, 0.1) is 0 Å². The molecule has 1 aromatic rings. The van der Waals surface area contributed by atoms with Gasteiger partial charge in [-0.3, -0.25) is 0 Å². The molecule has 3 unspecified atom stereocenters. The predicted octanol–water partition coefficient (Wildman–Crippen LogP) is 3.40. The highest BCUT2D eigenvalue weighted by Gasteiger charge is 2.20. The first-order valence-electron chi connectivity index (χ1n) is 6.97. The van der Waals surface area contributed by atoms with E-state index in [1.165, 1.54) is 17.5 Å². The molecule has 0 radical (unpaired) electrons. The van der Waals surface area contributed by atoms with Gasteiger partial charge in [0.2, 0.25) is 0 Å². The van der Waals surface area contributed by atoms with Crippen LogP contribution in [0.25, 0.3) is 0 Å². The summed E-state index contributed by atoms with van der Waals surface area (Å²) in [7, 11) is 4.25. The largest absolute Gasteiger partial charge is 0.330 e. The lowest BCUT2D eigenvalue weighted by atomic mass is 9.91. The van der Waals surface area contributed by atoms with Gasteiger partial charge < -0.3 is 10.6 Å². The summed E-state index contributed by atoms with van der Waals surface area (Å²) in [5, 5.41) is 0. The van der Waals surface area contributed by atoms with E-state index in [0.29, 0.717) is 17.9 Å². The van der Waals surface area contributed by atoms with Crippen molar-refractivity contribution in [3.63, 3.8) is 0 Å². The van der Waals surface area contributed by atoms with E-state index < -0.39 is 0 Å². The average molecular weight is 248 g/mol. The molecular weight excluding hydrogens is 220 g/mol. The Morgan fingerprint density at radius 2 is 1.56 bits per heavy atom. The van der Waals surface area contributed by atoms with Crippen LogP contribution in [0.2, 0.25) is 0 Å². The predicted molar refractivity (Wildman–Crippen MR) is 79.8 cm³/mol. The molecular formula is C16H28N2. The first-order valence-corrected chi connectivity index (χ1v) is 6.97. The highest BCUT2D eigenvalue weighted by molar-refractivity contribution is 5.27. The van der Waals surface area contributed by atoms with Crippen LogP contribution >= 0.6 is 0 Å². The first-order chi connectivity index (χ1) is 8.51. The smallest absolute Gasteiger partial charge is 0.0379 e. The Labute approximate surface area is 112 Å². The van der Waals surface area contributed by atoms with E-state index in [1.807, 2.05) is 0 Å². The molecule has 0 heterocycles. The molecule has 0 saturated heterocycles. The van der Waals surface area contributed by atoms with Crippen LogP contribution in [-0.4, -0.2) is 25.5 Å². The third kappa shape index (κ3) is 3.56. The number of nitrogens with zero attached hydrogens (tertiary/aromatic N) is 1. The zero-order valence-corrected chi connectivity index (χ0v) is 12.5. The molecule has 0 bridgehead atoms. The lowest BCUT2D eigenvalue weighted by molar-refractivity contribution is 0.227. The number of hydrogen-bond donors (Lipinski definition) is 1. The van der Waals surface area contributed by atoms with E-state index in [4.69, 9.17) is 5.73 Å². The topological polar surface area (TPSA) is 29.3 Å². The van der Waals surface area contributed by atoms with Gasteiger partial charge in [0.15, 0.2) is 0 Å². The standard InChI is InChI=1S/C16H28N2/c1-6-12(2)14-7-9-15(10-8-14)16(18(4)5)13(3)11-17/h7-10,12-13,16H,6,11,17H2,1-5H3. The van der Waals surface area contributed by atoms with Gasteiger partial charge in [0.25, 0.3) is 0 Å². The van der Waals surface area contributed by atoms with E-state index in [2.05, 4.69) is 64.0 Å². The fourth-order valence-electron chi connectivity index (χ4n) is 2.52. The van der Waals surface area contributed by atoms with Crippen LogP contribution in [0.15, 0.2) is 24.3 Å². The summed E-state index contributed by atoms with van der Waals surface area (Å²) >= 11 is 0.